The largest absolute Gasteiger partial charge is 0.508 e. The average Bonchev–Trinajstić information content (AvgIpc) is 2.58. The SMILES string of the molecule is CC1=C2OC(=O)c3c(C)cc(O)c(C)c3O[C@@H]2CCC1=O. The van der Waals surface area contributed by atoms with Gasteiger partial charge in [-0.3, -0.25) is 4.79 Å². The Morgan fingerprint density at radius 1 is 1.24 bits per heavy atom. The fraction of sp³-hybridized carbons (Fsp3) is 0.375. The van der Waals surface area contributed by atoms with Crippen molar-refractivity contribution in [2.45, 2.75) is 39.7 Å². The molecule has 5 heteroatoms. The molecule has 0 unspecified atom stereocenters. The maximum Gasteiger partial charge on any atom is 0.347 e. The second kappa shape index (κ2) is 4.62. The molecule has 0 fully saturated rings. The fourth-order valence-corrected chi connectivity index (χ4v) is 2.78. The van der Waals surface area contributed by atoms with Crippen LogP contribution >= 0.6 is 0 Å². The Hall–Kier alpha value is -2.30. The van der Waals surface area contributed by atoms with Gasteiger partial charge in [-0.15, -0.1) is 0 Å². The number of benzene rings is 1. The Bertz CT molecular complexity index is 699. The minimum atomic E-state index is -0.544. The lowest BCUT2D eigenvalue weighted by molar-refractivity contribution is -0.117. The van der Waals surface area contributed by atoms with Gasteiger partial charge in [0.1, 0.15) is 17.1 Å². The van der Waals surface area contributed by atoms with Crippen LogP contribution in [-0.2, 0) is 9.53 Å². The Balaban J connectivity index is 2.20. The summed E-state index contributed by atoms with van der Waals surface area (Å²) in [5, 5.41) is 9.93. The Morgan fingerprint density at radius 3 is 2.67 bits per heavy atom. The van der Waals surface area contributed by atoms with Crippen LogP contribution in [0.2, 0.25) is 0 Å². The van der Waals surface area contributed by atoms with Gasteiger partial charge in [0.05, 0.1) is 0 Å². The molecule has 1 atom stereocenters. The van der Waals surface area contributed by atoms with Gasteiger partial charge in [0.25, 0.3) is 0 Å². The number of allylic oxidation sites excluding steroid dienone is 1. The molecule has 0 spiro atoms. The van der Waals surface area contributed by atoms with E-state index < -0.39 is 12.1 Å². The maximum atomic E-state index is 12.4. The minimum absolute atomic E-state index is 0.0279. The van der Waals surface area contributed by atoms with E-state index in [2.05, 4.69) is 0 Å². The summed E-state index contributed by atoms with van der Waals surface area (Å²) in [4.78, 5) is 24.2. The highest BCUT2D eigenvalue weighted by molar-refractivity contribution is 5.99. The van der Waals surface area contributed by atoms with E-state index in [1.165, 1.54) is 6.07 Å². The van der Waals surface area contributed by atoms with Crippen LogP contribution in [0, 0.1) is 13.8 Å². The van der Waals surface area contributed by atoms with Gasteiger partial charge >= 0.3 is 5.97 Å². The molecule has 1 aliphatic carbocycles. The van der Waals surface area contributed by atoms with Crippen LogP contribution in [0.25, 0.3) is 0 Å². The molecule has 110 valence electrons. The van der Waals surface area contributed by atoms with Gasteiger partial charge in [0.2, 0.25) is 0 Å². The Labute approximate surface area is 122 Å². The van der Waals surface area contributed by atoms with E-state index in [-0.39, 0.29) is 11.5 Å². The molecule has 3 rings (SSSR count). The average molecular weight is 288 g/mol. The van der Waals surface area contributed by atoms with Gasteiger partial charge in [0, 0.05) is 17.6 Å². The monoisotopic (exact) mass is 288 g/mol. The van der Waals surface area contributed by atoms with Crippen molar-refractivity contribution in [2.24, 2.45) is 0 Å². The number of phenols is 1. The Kier molecular flexibility index (Phi) is 3.01. The van der Waals surface area contributed by atoms with Crippen molar-refractivity contribution in [3.05, 3.63) is 34.1 Å². The Morgan fingerprint density at radius 2 is 1.95 bits per heavy atom. The zero-order valence-electron chi connectivity index (χ0n) is 12.1. The second-order valence-corrected chi connectivity index (χ2v) is 5.49. The minimum Gasteiger partial charge on any atom is -0.508 e. The predicted octanol–water partition coefficient (Wildman–Crippen LogP) is 2.56. The van der Waals surface area contributed by atoms with Gasteiger partial charge in [-0.05, 0) is 38.8 Å². The lowest BCUT2D eigenvalue weighted by atomic mass is 9.95. The zero-order valence-corrected chi connectivity index (χ0v) is 12.1. The molecular formula is C16H16O5. The molecule has 5 nitrogen and oxygen atoms in total. The van der Waals surface area contributed by atoms with E-state index in [0.29, 0.717) is 46.6 Å². The van der Waals surface area contributed by atoms with Crippen LogP contribution in [0.4, 0.5) is 0 Å². The lowest BCUT2D eigenvalue weighted by Crippen LogP contribution is -2.28. The van der Waals surface area contributed by atoms with Gasteiger partial charge in [-0.2, -0.15) is 0 Å². The van der Waals surface area contributed by atoms with Crippen LogP contribution in [0.1, 0.15) is 41.3 Å². The van der Waals surface area contributed by atoms with Crippen LogP contribution in [-0.4, -0.2) is 23.0 Å². The molecule has 1 heterocycles. The first-order valence-electron chi connectivity index (χ1n) is 6.86. The molecule has 21 heavy (non-hydrogen) atoms. The number of hydrogen-bond donors (Lipinski definition) is 1. The second-order valence-electron chi connectivity index (χ2n) is 5.49. The van der Waals surface area contributed by atoms with Crippen LogP contribution < -0.4 is 4.74 Å². The number of aromatic hydroxyl groups is 1. The molecule has 1 aliphatic heterocycles. The molecule has 0 aromatic heterocycles. The summed E-state index contributed by atoms with van der Waals surface area (Å²) in [5.74, 6) is 0.150. The van der Waals surface area contributed by atoms with E-state index in [4.69, 9.17) is 9.47 Å². The summed E-state index contributed by atoms with van der Waals surface area (Å²) in [6.07, 6.45) is 0.364. The molecule has 1 aromatic carbocycles. The predicted molar refractivity (Wildman–Crippen MR) is 74.4 cm³/mol. The number of phenolic OH excluding ortho intramolecular Hbond substituents is 1. The highest BCUT2D eigenvalue weighted by Crippen LogP contribution is 2.40. The normalized spacial score (nSPS) is 21.2. The summed E-state index contributed by atoms with van der Waals surface area (Å²) < 4.78 is 11.3. The summed E-state index contributed by atoms with van der Waals surface area (Å²) in [6.45, 7) is 5.05. The van der Waals surface area contributed by atoms with Gasteiger partial charge < -0.3 is 14.6 Å². The number of fused-ring (bicyclic) bond motifs is 2. The number of esters is 1. The molecule has 0 radical (unpaired) electrons. The van der Waals surface area contributed by atoms with Crippen LogP contribution in [0.5, 0.6) is 11.5 Å². The standard InChI is InChI=1S/C16H16O5/c1-7-6-11(18)9(3)15-13(7)16(19)21-14-8(2)10(17)4-5-12(14)20-15/h6,12,18H,4-5H2,1-3H3/t12-/m1/s1. The number of ether oxygens (including phenoxy) is 2. The number of hydrogen-bond acceptors (Lipinski definition) is 5. The van der Waals surface area contributed by atoms with Gasteiger partial charge in [0.15, 0.2) is 17.6 Å². The van der Waals surface area contributed by atoms with E-state index in [0.717, 1.165) is 0 Å². The number of carbonyl (C=O) groups excluding carboxylic acids is 2. The summed E-state index contributed by atoms with van der Waals surface area (Å²) >= 11 is 0. The molecule has 1 N–H and O–H groups in total. The van der Waals surface area contributed by atoms with E-state index in [9.17, 15) is 14.7 Å². The van der Waals surface area contributed by atoms with E-state index >= 15 is 0 Å². The molecule has 0 saturated carbocycles. The van der Waals surface area contributed by atoms with Crippen molar-refractivity contribution >= 4 is 11.8 Å². The molecule has 0 bridgehead atoms. The summed E-state index contributed by atoms with van der Waals surface area (Å²) in [7, 11) is 0. The van der Waals surface area contributed by atoms with Crippen molar-refractivity contribution in [3.8, 4) is 11.5 Å². The highest BCUT2D eigenvalue weighted by atomic mass is 16.6. The first-order chi connectivity index (χ1) is 9.90. The van der Waals surface area contributed by atoms with E-state index in [1.807, 2.05) is 0 Å². The quantitative estimate of drug-likeness (QED) is 0.743. The number of ketones is 1. The van der Waals surface area contributed by atoms with Gasteiger partial charge in [-0.25, -0.2) is 4.79 Å². The van der Waals surface area contributed by atoms with Crippen LogP contribution in [0.15, 0.2) is 17.4 Å². The van der Waals surface area contributed by atoms with Crippen molar-refractivity contribution < 1.29 is 24.2 Å². The number of rotatable bonds is 0. The first kappa shape index (κ1) is 13.7. The molecule has 2 aliphatic rings. The van der Waals surface area contributed by atoms with Crippen molar-refractivity contribution in [1.29, 1.82) is 0 Å². The number of Topliss-reactive ketones (excluding diaryl/α,β-unsaturated/α-hetero) is 1. The van der Waals surface area contributed by atoms with Crippen molar-refractivity contribution in [1.82, 2.24) is 0 Å². The van der Waals surface area contributed by atoms with E-state index in [1.54, 1.807) is 20.8 Å². The van der Waals surface area contributed by atoms with Gasteiger partial charge in [-0.1, -0.05) is 0 Å². The molecule has 0 amide bonds. The first-order valence-corrected chi connectivity index (χ1v) is 6.86. The van der Waals surface area contributed by atoms with Crippen molar-refractivity contribution in [2.75, 3.05) is 0 Å². The van der Waals surface area contributed by atoms with Crippen molar-refractivity contribution in [3.63, 3.8) is 0 Å². The smallest absolute Gasteiger partial charge is 0.347 e. The lowest BCUT2D eigenvalue weighted by Gasteiger charge is -2.24. The summed E-state index contributed by atoms with van der Waals surface area (Å²) in [6, 6.07) is 1.51. The topological polar surface area (TPSA) is 72.8 Å². The fourth-order valence-electron chi connectivity index (χ4n) is 2.78. The third-order valence-corrected chi connectivity index (χ3v) is 4.08. The van der Waals surface area contributed by atoms with Crippen LogP contribution in [0.3, 0.4) is 0 Å². The zero-order chi connectivity index (χ0) is 15.3. The maximum absolute atomic E-state index is 12.4. The highest BCUT2D eigenvalue weighted by Gasteiger charge is 2.37. The number of aryl methyl sites for hydroxylation is 1. The molecule has 0 saturated heterocycles. The third kappa shape index (κ3) is 2.00. The molecule has 1 aromatic rings. The summed E-state index contributed by atoms with van der Waals surface area (Å²) in [5.41, 5.74) is 1.84. The molecular weight excluding hydrogens is 272 g/mol. The third-order valence-electron chi connectivity index (χ3n) is 4.08. The number of carbonyl (C=O) groups is 2.